The minimum Gasteiger partial charge on any atom is -0.383 e. The number of likely N-dealkylation sites (N-methyl/N-ethyl adjacent to an activating group) is 1. The van der Waals surface area contributed by atoms with Gasteiger partial charge >= 0.3 is 0 Å². The van der Waals surface area contributed by atoms with Crippen LogP contribution < -0.4 is 10.0 Å². The lowest BCUT2D eigenvalue weighted by Gasteiger charge is -2.23. The Morgan fingerprint density at radius 2 is 2.09 bits per heavy atom. The molecule has 1 fully saturated rings. The van der Waals surface area contributed by atoms with Gasteiger partial charge in [0.2, 0.25) is 10.0 Å². The van der Waals surface area contributed by atoms with Gasteiger partial charge in [0.25, 0.3) is 5.91 Å². The molecule has 7 nitrogen and oxygen atoms in total. The second kappa shape index (κ2) is 7.87. The van der Waals surface area contributed by atoms with E-state index in [1.54, 1.807) is 24.1 Å². The third kappa shape index (κ3) is 4.51. The van der Waals surface area contributed by atoms with E-state index in [9.17, 15) is 13.2 Å². The number of hydrogen-bond donors (Lipinski definition) is 2. The molecule has 1 amide bonds. The smallest absolute Gasteiger partial charge is 0.253 e. The molecule has 1 atom stereocenters. The molecular formula is C15H23N3O4S. The molecule has 0 aromatic heterocycles. The highest BCUT2D eigenvalue weighted by atomic mass is 32.2. The van der Waals surface area contributed by atoms with Crippen molar-refractivity contribution in [1.29, 1.82) is 0 Å². The van der Waals surface area contributed by atoms with E-state index in [1.165, 1.54) is 19.2 Å². The zero-order valence-electron chi connectivity index (χ0n) is 13.4. The Bertz CT molecular complexity index is 625. The van der Waals surface area contributed by atoms with Crippen LogP contribution in [0.2, 0.25) is 0 Å². The van der Waals surface area contributed by atoms with Crippen molar-refractivity contribution in [3.05, 3.63) is 29.8 Å². The number of rotatable bonds is 7. The zero-order chi connectivity index (χ0) is 16.9. The topological polar surface area (TPSA) is 87.7 Å². The number of methoxy groups -OCH3 is 1. The molecule has 1 aliphatic rings. The monoisotopic (exact) mass is 341 g/mol. The van der Waals surface area contributed by atoms with Crippen LogP contribution >= 0.6 is 0 Å². The predicted molar refractivity (Wildman–Crippen MR) is 86.9 cm³/mol. The zero-order valence-corrected chi connectivity index (χ0v) is 14.2. The lowest BCUT2D eigenvalue weighted by atomic mass is 10.1. The van der Waals surface area contributed by atoms with Crippen LogP contribution in [0.3, 0.4) is 0 Å². The van der Waals surface area contributed by atoms with E-state index in [0.29, 0.717) is 12.2 Å². The highest BCUT2D eigenvalue weighted by molar-refractivity contribution is 7.89. The van der Waals surface area contributed by atoms with Gasteiger partial charge < -0.3 is 15.0 Å². The van der Waals surface area contributed by atoms with Gasteiger partial charge in [0.1, 0.15) is 0 Å². The Labute approximate surface area is 137 Å². The van der Waals surface area contributed by atoms with E-state index >= 15 is 0 Å². The number of hydrogen-bond acceptors (Lipinski definition) is 5. The average molecular weight is 341 g/mol. The Morgan fingerprint density at radius 3 is 2.65 bits per heavy atom. The van der Waals surface area contributed by atoms with E-state index in [0.717, 1.165) is 19.5 Å². The first kappa shape index (κ1) is 17.9. The molecule has 0 aliphatic carbocycles. The van der Waals surface area contributed by atoms with Gasteiger partial charge in [-0.2, -0.15) is 0 Å². The second-order valence-corrected chi connectivity index (χ2v) is 7.24. The van der Waals surface area contributed by atoms with E-state index < -0.39 is 10.0 Å². The number of carbonyl (C=O) groups is 1. The van der Waals surface area contributed by atoms with Crippen molar-refractivity contribution in [2.24, 2.45) is 0 Å². The molecule has 0 saturated carbocycles. The Kier molecular flexibility index (Phi) is 6.11. The molecule has 0 spiro atoms. The van der Waals surface area contributed by atoms with Crippen molar-refractivity contribution >= 4 is 15.9 Å². The molecule has 1 unspecified atom stereocenters. The quantitative estimate of drug-likeness (QED) is 0.684. The van der Waals surface area contributed by atoms with Crippen LogP contribution in [0, 0.1) is 0 Å². The molecule has 2 N–H and O–H groups in total. The van der Waals surface area contributed by atoms with Crippen molar-refractivity contribution in [1.82, 2.24) is 14.9 Å². The van der Waals surface area contributed by atoms with Crippen LogP contribution in [-0.4, -0.2) is 65.7 Å². The van der Waals surface area contributed by atoms with Crippen molar-refractivity contribution in [3.63, 3.8) is 0 Å². The first-order valence-electron chi connectivity index (χ1n) is 7.52. The SMILES string of the molecule is COCCNS(=O)(=O)c1ccc(C(=O)N(C)C2CCNC2)cc1. The maximum atomic E-state index is 12.4. The summed E-state index contributed by atoms with van der Waals surface area (Å²) in [4.78, 5) is 14.3. The van der Waals surface area contributed by atoms with Crippen LogP contribution in [0.15, 0.2) is 29.2 Å². The van der Waals surface area contributed by atoms with E-state index in [4.69, 9.17) is 4.74 Å². The van der Waals surface area contributed by atoms with E-state index in [-0.39, 0.29) is 23.4 Å². The first-order valence-corrected chi connectivity index (χ1v) is 9.00. The summed E-state index contributed by atoms with van der Waals surface area (Å²) in [7, 11) is -0.296. The van der Waals surface area contributed by atoms with Gasteiger partial charge in [0, 0.05) is 38.9 Å². The molecule has 0 bridgehead atoms. The largest absolute Gasteiger partial charge is 0.383 e. The molecule has 1 aliphatic heterocycles. The predicted octanol–water partition coefficient (Wildman–Crippen LogP) is 0.0452. The summed E-state index contributed by atoms with van der Waals surface area (Å²) in [6, 6.07) is 6.17. The van der Waals surface area contributed by atoms with E-state index in [1.807, 2.05) is 0 Å². The van der Waals surface area contributed by atoms with Crippen LogP contribution in [0.5, 0.6) is 0 Å². The second-order valence-electron chi connectivity index (χ2n) is 5.48. The Balaban J connectivity index is 2.05. The van der Waals surface area contributed by atoms with Gasteiger partial charge in [0.15, 0.2) is 0 Å². The summed E-state index contributed by atoms with van der Waals surface area (Å²) in [5.74, 6) is -0.102. The van der Waals surface area contributed by atoms with Crippen molar-refractivity contribution in [2.45, 2.75) is 17.4 Å². The number of sulfonamides is 1. The first-order chi connectivity index (χ1) is 11.0. The Hall–Kier alpha value is -1.48. The van der Waals surface area contributed by atoms with Crippen molar-refractivity contribution < 1.29 is 17.9 Å². The summed E-state index contributed by atoms with van der Waals surface area (Å²) in [6.07, 6.45) is 0.929. The van der Waals surface area contributed by atoms with Gasteiger partial charge in [-0.15, -0.1) is 0 Å². The van der Waals surface area contributed by atoms with Gasteiger partial charge in [-0.1, -0.05) is 0 Å². The maximum absolute atomic E-state index is 12.4. The van der Waals surface area contributed by atoms with Crippen molar-refractivity contribution in [2.75, 3.05) is 40.4 Å². The molecule has 1 aromatic rings. The molecule has 1 aromatic carbocycles. The fraction of sp³-hybridized carbons (Fsp3) is 0.533. The average Bonchev–Trinajstić information content (AvgIpc) is 3.08. The van der Waals surface area contributed by atoms with Crippen LogP contribution in [0.4, 0.5) is 0 Å². The molecule has 23 heavy (non-hydrogen) atoms. The fourth-order valence-electron chi connectivity index (χ4n) is 2.48. The van der Waals surface area contributed by atoms with Crippen molar-refractivity contribution in [3.8, 4) is 0 Å². The number of ether oxygens (including phenoxy) is 1. The minimum atomic E-state index is -3.58. The van der Waals surface area contributed by atoms with E-state index in [2.05, 4.69) is 10.0 Å². The van der Waals surface area contributed by atoms with Crippen LogP contribution in [0.25, 0.3) is 0 Å². The lowest BCUT2D eigenvalue weighted by Crippen LogP contribution is -2.38. The summed E-state index contributed by atoms with van der Waals surface area (Å²) >= 11 is 0. The number of carbonyl (C=O) groups excluding carboxylic acids is 1. The van der Waals surface area contributed by atoms with Crippen LogP contribution in [-0.2, 0) is 14.8 Å². The third-order valence-corrected chi connectivity index (χ3v) is 5.39. The summed E-state index contributed by atoms with van der Waals surface area (Å²) < 4.78 is 31.4. The molecule has 1 saturated heterocycles. The molecule has 128 valence electrons. The molecule has 0 radical (unpaired) electrons. The summed E-state index contributed by atoms with van der Waals surface area (Å²) in [5.41, 5.74) is 0.482. The summed E-state index contributed by atoms with van der Waals surface area (Å²) in [5, 5.41) is 3.22. The lowest BCUT2D eigenvalue weighted by molar-refractivity contribution is 0.0743. The molecule has 8 heteroatoms. The standard InChI is InChI=1S/C15H23N3O4S/c1-18(13-7-8-16-11-13)15(19)12-3-5-14(6-4-12)23(20,21)17-9-10-22-2/h3-6,13,16-17H,7-11H2,1-2H3. The Morgan fingerprint density at radius 1 is 1.39 bits per heavy atom. The third-order valence-electron chi connectivity index (χ3n) is 3.91. The number of amides is 1. The molecule has 1 heterocycles. The van der Waals surface area contributed by atoms with Gasteiger partial charge in [-0.25, -0.2) is 13.1 Å². The van der Waals surface area contributed by atoms with Gasteiger partial charge in [0.05, 0.1) is 11.5 Å². The highest BCUT2D eigenvalue weighted by Crippen LogP contribution is 2.14. The highest BCUT2D eigenvalue weighted by Gasteiger charge is 2.24. The number of nitrogens with one attached hydrogen (secondary N) is 2. The van der Waals surface area contributed by atoms with Gasteiger partial charge in [-0.05, 0) is 37.2 Å². The fourth-order valence-corrected chi connectivity index (χ4v) is 3.49. The van der Waals surface area contributed by atoms with Crippen LogP contribution in [0.1, 0.15) is 16.8 Å². The normalized spacial score (nSPS) is 18.1. The van der Waals surface area contributed by atoms with Gasteiger partial charge in [-0.3, -0.25) is 4.79 Å². The maximum Gasteiger partial charge on any atom is 0.253 e. The number of nitrogens with zero attached hydrogens (tertiary/aromatic N) is 1. The molecule has 2 rings (SSSR count). The summed E-state index contributed by atoms with van der Waals surface area (Å²) in [6.45, 7) is 2.21. The number of benzene rings is 1. The molecular weight excluding hydrogens is 318 g/mol. The minimum absolute atomic E-state index is 0.102.